The van der Waals surface area contributed by atoms with Crippen molar-refractivity contribution < 1.29 is 17.9 Å². The first-order valence-electron chi connectivity index (χ1n) is 12.0. The predicted molar refractivity (Wildman–Crippen MR) is 140 cm³/mol. The molecule has 0 bridgehead atoms. The molecule has 1 N–H and O–H groups in total. The number of amides is 1. The van der Waals surface area contributed by atoms with Crippen LogP contribution in [0.25, 0.3) is 0 Å². The van der Waals surface area contributed by atoms with Crippen LogP contribution in [0.4, 0.5) is 5.69 Å². The molecule has 1 atom stereocenters. The third-order valence-electron chi connectivity index (χ3n) is 6.59. The van der Waals surface area contributed by atoms with Gasteiger partial charge in [-0.25, -0.2) is 8.42 Å². The van der Waals surface area contributed by atoms with Crippen LogP contribution in [0.2, 0.25) is 5.02 Å². The molecule has 36 heavy (non-hydrogen) atoms. The number of likely N-dealkylation sites (tertiary alicyclic amines) is 1. The van der Waals surface area contributed by atoms with E-state index in [1.54, 1.807) is 24.3 Å². The van der Waals surface area contributed by atoms with Gasteiger partial charge in [-0.2, -0.15) is 0 Å². The number of hydrogen-bond acceptors (Lipinski definition) is 5. The van der Waals surface area contributed by atoms with Gasteiger partial charge in [0.25, 0.3) is 15.9 Å². The maximum absolute atomic E-state index is 13.5. The molecule has 0 radical (unpaired) electrons. The summed E-state index contributed by atoms with van der Waals surface area (Å²) in [5, 5.41) is 3.41. The average molecular weight is 526 g/mol. The molecule has 188 valence electrons. The lowest BCUT2D eigenvalue weighted by molar-refractivity contribution is -0.127. The number of rotatable bonds is 7. The van der Waals surface area contributed by atoms with Gasteiger partial charge in [-0.3, -0.25) is 14.0 Å². The number of para-hydroxylation sites is 2. The van der Waals surface area contributed by atoms with Crippen LogP contribution in [0.5, 0.6) is 5.75 Å². The highest BCUT2D eigenvalue weighted by molar-refractivity contribution is 7.92. The van der Waals surface area contributed by atoms with Gasteiger partial charge in [0.1, 0.15) is 5.75 Å². The molecule has 9 heteroatoms. The van der Waals surface area contributed by atoms with E-state index in [1.807, 2.05) is 18.2 Å². The Morgan fingerprint density at radius 1 is 0.944 bits per heavy atom. The summed E-state index contributed by atoms with van der Waals surface area (Å²) in [5.74, 6) is -0.0207. The van der Waals surface area contributed by atoms with E-state index in [0.717, 1.165) is 25.2 Å². The summed E-state index contributed by atoms with van der Waals surface area (Å²) in [6, 6.07) is 20.9. The Morgan fingerprint density at radius 3 is 2.36 bits per heavy atom. The molecule has 5 rings (SSSR count). The molecule has 0 spiro atoms. The zero-order valence-corrected chi connectivity index (χ0v) is 21.3. The van der Waals surface area contributed by atoms with Crippen molar-refractivity contribution in [2.45, 2.75) is 36.9 Å². The monoisotopic (exact) mass is 525 g/mol. The minimum Gasteiger partial charge on any atom is -0.476 e. The molecule has 0 aromatic heterocycles. The number of halogens is 1. The van der Waals surface area contributed by atoms with E-state index in [-0.39, 0.29) is 17.3 Å². The number of hydrogen-bond donors (Lipinski definition) is 1. The largest absolute Gasteiger partial charge is 0.476 e. The smallest absolute Gasteiger partial charge is 0.264 e. The summed E-state index contributed by atoms with van der Waals surface area (Å²) < 4.78 is 34.2. The molecular formula is C27H28ClN3O4S. The number of fused-ring (bicyclic) bond motifs is 1. The van der Waals surface area contributed by atoms with Crippen molar-refractivity contribution in [3.63, 3.8) is 0 Å². The molecule has 0 unspecified atom stereocenters. The molecular weight excluding hydrogens is 498 g/mol. The molecule has 1 amide bonds. The summed E-state index contributed by atoms with van der Waals surface area (Å²) in [6.07, 6.45) is 1.44. The van der Waals surface area contributed by atoms with E-state index in [0.29, 0.717) is 23.0 Å². The standard InChI is InChI=1S/C27H28ClN3O4S/c28-22-11-13-23(14-12-22)36(33,34)31-19-26(35-25-10-4-3-9-24(25)31)27(32)29-17-20-7-1-2-8-21(20)18-30-15-5-6-16-30/h1-4,7-14,26H,5-6,15-19H2,(H,29,32)/t26-/m0/s1. The molecule has 3 aromatic carbocycles. The summed E-state index contributed by atoms with van der Waals surface area (Å²) in [7, 11) is -3.94. The number of anilines is 1. The van der Waals surface area contributed by atoms with Crippen molar-refractivity contribution in [2.75, 3.05) is 23.9 Å². The van der Waals surface area contributed by atoms with Crippen LogP contribution in [0, 0.1) is 0 Å². The van der Waals surface area contributed by atoms with Gasteiger partial charge in [0.2, 0.25) is 0 Å². The first-order valence-corrected chi connectivity index (χ1v) is 13.8. The second-order valence-electron chi connectivity index (χ2n) is 9.03. The zero-order chi connectivity index (χ0) is 25.1. The van der Waals surface area contributed by atoms with Gasteiger partial charge in [-0.1, -0.05) is 48.0 Å². The maximum atomic E-state index is 13.5. The molecule has 1 saturated heterocycles. The lowest BCUT2D eigenvalue weighted by Crippen LogP contribution is -2.50. The SMILES string of the molecule is O=C(NCc1ccccc1CN1CCCC1)[C@@H]1CN(S(=O)(=O)c2ccc(Cl)cc2)c2ccccc2O1. The second kappa shape index (κ2) is 10.5. The second-order valence-corrected chi connectivity index (χ2v) is 11.3. The molecule has 0 saturated carbocycles. The molecule has 7 nitrogen and oxygen atoms in total. The number of carbonyl (C=O) groups is 1. The van der Waals surface area contributed by atoms with Gasteiger partial charge in [-0.05, 0) is 73.5 Å². The highest BCUT2D eigenvalue weighted by Gasteiger charge is 2.37. The first kappa shape index (κ1) is 24.6. The fourth-order valence-electron chi connectivity index (χ4n) is 4.66. The van der Waals surface area contributed by atoms with Gasteiger partial charge in [0.05, 0.1) is 17.1 Å². The van der Waals surface area contributed by atoms with Crippen LogP contribution in [-0.4, -0.2) is 45.0 Å². The molecule has 0 aliphatic carbocycles. The lowest BCUT2D eigenvalue weighted by Gasteiger charge is -2.34. The van der Waals surface area contributed by atoms with E-state index in [2.05, 4.69) is 16.3 Å². The number of nitrogens with one attached hydrogen (secondary N) is 1. The average Bonchev–Trinajstić information content (AvgIpc) is 3.40. The Hall–Kier alpha value is -3.07. The maximum Gasteiger partial charge on any atom is 0.264 e. The summed E-state index contributed by atoms with van der Waals surface area (Å²) in [6.45, 7) is 3.24. The number of carbonyl (C=O) groups excluding carboxylic acids is 1. The van der Waals surface area contributed by atoms with Crippen LogP contribution in [0.3, 0.4) is 0 Å². The van der Waals surface area contributed by atoms with Gasteiger partial charge in [-0.15, -0.1) is 0 Å². The minimum atomic E-state index is -3.94. The number of nitrogens with zero attached hydrogens (tertiary/aromatic N) is 2. The van der Waals surface area contributed by atoms with Crippen molar-refractivity contribution in [2.24, 2.45) is 0 Å². The van der Waals surface area contributed by atoms with Gasteiger partial charge in [0, 0.05) is 18.1 Å². The normalized spacial score (nSPS) is 17.9. The highest BCUT2D eigenvalue weighted by atomic mass is 35.5. The Morgan fingerprint density at radius 2 is 1.61 bits per heavy atom. The van der Waals surface area contributed by atoms with Crippen molar-refractivity contribution in [3.05, 3.63) is 88.9 Å². The Kier molecular flexibility index (Phi) is 7.18. The molecule has 2 aliphatic rings. The third-order valence-corrected chi connectivity index (χ3v) is 8.64. The number of sulfonamides is 1. The Labute approximate surface area is 216 Å². The topological polar surface area (TPSA) is 79.0 Å². The highest BCUT2D eigenvalue weighted by Crippen LogP contribution is 2.37. The van der Waals surface area contributed by atoms with Crippen LogP contribution < -0.4 is 14.4 Å². The van der Waals surface area contributed by atoms with Crippen LogP contribution >= 0.6 is 11.6 Å². The fraction of sp³-hybridized carbons (Fsp3) is 0.296. The summed E-state index contributed by atoms with van der Waals surface area (Å²) >= 11 is 5.95. The third kappa shape index (κ3) is 5.21. The van der Waals surface area contributed by atoms with Crippen molar-refractivity contribution in [3.8, 4) is 5.75 Å². The van der Waals surface area contributed by atoms with E-state index < -0.39 is 16.1 Å². The Bertz CT molecular complexity index is 1340. The van der Waals surface area contributed by atoms with E-state index in [4.69, 9.17) is 16.3 Å². The lowest BCUT2D eigenvalue weighted by atomic mass is 10.1. The van der Waals surface area contributed by atoms with Crippen molar-refractivity contribution in [1.82, 2.24) is 10.2 Å². The van der Waals surface area contributed by atoms with Crippen LogP contribution in [-0.2, 0) is 27.9 Å². The fourth-order valence-corrected chi connectivity index (χ4v) is 6.26. The number of ether oxygens (including phenoxy) is 1. The summed E-state index contributed by atoms with van der Waals surface area (Å²) in [5.41, 5.74) is 2.62. The number of benzene rings is 3. The summed E-state index contributed by atoms with van der Waals surface area (Å²) in [4.78, 5) is 15.7. The van der Waals surface area contributed by atoms with Crippen LogP contribution in [0.1, 0.15) is 24.0 Å². The quantitative estimate of drug-likeness (QED) is 0.500. The predicted octanol–water partition coefficient (Wildman–Crippen LogP) is 4.21. The molecule has 1 fully saturated rings. The first-order chi connectivity index (χ1) is 17.4. The van der Waals surface area contributed by atoms with E-state index >= 15 is 0 Å². The Balaban J connectivity index is 1.34. The van der Waals surface area contributed by atoms with Crippen LogP contribution in [0.15, 0.2) is 77.7 Å². The molecule has 2 heterocycles. The van der Waals surface area contributed by atoms with Crippen molar-refractivity contribution >= 4 is 33.2 Å². The van der Waals surface area contributed by atoms with E-state index in [9.17, 15) is 13.2 Å². The zero-order valence-electron chi connectivity index (χ0n) is 19.8. The van der Waals surface area contributed by atoms with Gasteiger partial charge >= 0.3 is 0 Å². The molecule has 3 aromatic rings. The minimum absolute atomic E-state index is 0.0959. The van der Waals surface area contributed by atoms with Gasteiger partial charge < -0.3 is 10.1 Å². The van der Waals surface area contributed by atoms with E-state index in [1.165, 1.54) is 47.0 Å². The molecule has 2 aliphatic heterocycles. The van der Waals surface area contributed by atoms with Crippen molar-refractivity contribution in [1.29, 1.82) is 0 Å². The van der Waals surface area contributed by atoms with Gasteiger partial charge in [0.15, 0.2) is 6.10 Å².